The summed E-state index contributed by atoms with van der Waals surface area (Å²) < 4.78 is 7.62. The molecule has 3 heterocycles. The van der Waals surface area contributed by atoms with E-state index in [4.69, 9.17) is 4.42 Å². The van der Waals surface area contributed by atoms with Crippen LogP contribution in [0.4, 0.5) is 0 Å². The normalized spacial score (nSPS) is 21.9. The molecule has 190 valence electrons. The summed E-state index contributed by atoms with van der Waals surface area (Å²) in [6, 6.07) is 17.9. The molecule has 0 bridgehead atoms. The van der Waals surface area contributed by atoms with Crippen molar-refractivity contribution in [2.45, 2.75) is 82.8 Å². The van der Waals surface area contributed by atoms with Gasteiger partial charge in [-0.2, -0.15) is 0 Å². The van der Waals surface area contributed by atoms with Crippen LogP contribution in [0.15, 0.2) is 65.3 Å². The van der Waals surface area contributed by atoms with Gasteiger partial charge in [-0.15, -0.1) is 0 Å². The maximum absolute atomic E-state index is 14.0. The number of hydrogen-bond donors (Lipinski definition) is 1. The van der Waals surface area contributed by atoms with Gasteiger partial charge in [0, 0.05) is 12.6 Å². The van der Waals surface area contributed by atoms with Crippen molar-refractivity contribution in [2.75, 3.05) is 6.54 Å². The van der Waals surface area contributed by atoms with Crippen LogP contribution in [-0.4, -0.2) is 39.4 Å². The predicted octanol–water partition coefficient (Wildman–Crippen LogP) is 6.00. The number of furan rings is 1. The first-order chi connectivity index (χ1) is 17.5. The van der Waals surface area contributed by atoms with Crippen molar-refractivity contribution < 1.29 is 14.0 Å². The van der Waals surface area contributed by atoms with Gasteiger partial charge < -0.3 is 19.2 Å². The largest absolute Gasteiger partial charge is 0.463 e. The monoisotopic (exact) mass is 487 g/mol. The minimum Gasteiger partial charge on any atom is -0.463 e. The van der Waals surface area contributed by atoms with Crippen LogP contribution < -0.4 is 5.32 Å². The molecule has 3 aromatic rings. The van der Waals surface area contributed by atoms with E-state index in [1.807, 2.05) is 58.9 Å². The van der Waals surface area contributed by atoms with Crippen molar-refractivity contribution in [1.29, 1.82) is 0 Å². The van der Waals surface area contributed by atoms with Crippen molar-refractivity contribution in [3.63, 3.8) is 0 Å². The number of hydrogen-bond acceptors (Lipinski definition) is 3. The molecule has 0 unspecified atom stereocenters. The number of fused-ring (bicyclic) bond motifs is 1. The fourth-order valence-electron chi connectivity index (χ4n) is 5.80. The van der Waals surface area contributed by atoms with Crippen LogP contribution in [0.3, 0.4) is 0 Å². The third kappa shape index (κ3) is 4.73. The third-order valence-electron chi connectivity index (χ3n) is 8.03. The first-order valence-corrected chi connectivity index (χ1v) is 13.4. The summed E-state index contributed by atoms with van der Waals surface area (Å²) >= 11 is 0. The molecule has 2 amide bonds. The Labute approximate surface area is 213 Å². The van der Waals surface area contributed by atoms with Crippen molar-refractivity contribution in [1.82, 2.24) is 14.8 Å². The average molecular weight is 488 g/mol. The highest BCUT2D eigenvalue weighted by Gasteiger charge is 2.48. The van der Waals surface area contributed by atoms with Gasteiger partial charge in [0.15, 0.2) is 0 Å². The summed E-state index contributed by atoms with van der Waals surface area (Å²) in [5.74, 6) is 0.612. The number of nitrogens with zero attached hydrogens (tertiary/aromatic N) is 2. The van der Waals surface area contributed by atoms with E-state index in [9.17, 15) is 9.59 Å². The third-order valence-corrected chi connectivity index (χ3v) is 8.03. The Balaban J connectivity index is 1.48. The van der Waals surface area contributed by atoms with Gasteiger partial charge in [-0.05, 0) is 55.5 Å². The molecule has 5 rings (SSSR count). The van der Waals surface area contributed by atoms with E-state index in [1.54, 1.807) is 6.26 Å². The molecule has 1 aromatic carbocycles. The van der Waals surface area contributed by atoms with Crippen molar-refractivity contribution in [3.05, 3.63) is 72.1 Å². The fraction of sp³-hybridized carbons (Fsp3) is 0.467. The molecule has 0 radical (unpaired) electrons. The Bertz CT molecular complexity index is 1180. The van der Waals surface area contributed by atoms with E-state index >= 15 is 0 Å². The highest BCUT2D eigenvalue weighted by atomic mass is 16.3. The van der Waals surface area contributed by atoms with E-state index in [1.165, 1.54) is 19.3 Å². The lowest BCUT2D eigenvalue weighted by Crippen LogP contribution is -2.65. The number of rotatable bonds is 6. The second kappa shape index (κ2) is 10.4. The van der Waals surface area contributed by atoms with Crippen LogP contribution in [0.25, 0.3) is 11.5 Å². The summed E-state index contributed by atoms with van der Waals surface area (Å²) in [5.41, 5.74) is 1.56. The molecule has 2 aliphatic rings. The molecule has 0 spiro atoms. The molecule has 6 nitrogen and oxygen atoms in total. The quantitative estimate of drug-likeness (QED) is 0.464. The topological polar surface area (TPSA) is 67.5 Å². The number of carbonyl (C=O) groups excluding carboxylic acids is 2. The van der Waals surface area contributed by atoms with Gasteiger partial charge >= 0.3 is 0 Å². The van der Waals surface area contributed by atoms with Gasteiger partial charge in [-0.1, -0.05) is 69.4 Å². The Hall–Kier alpha value is -3.28. The number of aromatic nitrogens is 1. The zero-order valence-corrected chi connectivity index (χ0v) is 21.4. The molecule has 0 saturated heterocycles. The SMILES string of the molecule is C[C@H](CN1C(=O)c2ccc(-c3ccco3)n2C[C@@]1(C)C(=O)NC1CCCCCCC1)c1ccccc1. The van der Waals surface area contributed by atoms with E-state index in [0.717, 1.165) is 36.9 Å². The van der Waals surface area contributed by atoms with Gasteiger partial charge in [0.25, 0.3) is 5.91 Å². The second-order valence-electron chi connectivity index (χ2n) is 10.7. The first kappa shape index (κ1) is 24.4. The number of amides is 2. The molecule has 2 aromatic heterocycles. The van der Waals surface area contributed by atoms with E-state index in [0.29, 0.717) is 24.5 Å². The Morgan fingerprint density at radius 1 is 1.00 bits per heavy atom. The van der Waals surface area contributed by atoms with E-state index < -0.39 is 5.54 Å². The molecular formula is C30H37N3O3. The molecule has 2 atom stereocenters. The molecule has 1 N–H and O–H groups in total. The zero-order chi connectivity index (χ0) is 25.1. The maximum Gasteiger partial charge on any atom is 0.271 e. The van der Waals surface area contributed by atoms with Crippen LogP contribution in [0.2, 0.25) is 0 Å². The van der Waals surface area contributed by atoms with E-state index in [2.05, 4.69) is 24.4 Å². The number of benzene rings is 1. The predicted molar refractivity (Wildman–Crippen MR) is 141 cm³/mol. The highest BCUT2D eigenvalue weighted by molar-refractivity contribution is 6.00. The van der Waals surface area contributed by atoms with Gasteiger partial charge in [0.2, 0.25) is 5.91 Å². The van der Waals surface area contributed by atoms with Gasteiger partial charge in [0.1, 0.15) is 17.0 Å². The maximum atomic E-state index is 14.0. The number of nitrogens with one attached hydrogen (secondary N) is 1. The lowest BCUT2D eigenvalue weighted by Gasteiger charge is -2.46. The smallest absolute Gasteiger partial charge is 0.271 e. The van der Waals surface area contributed by atoms with Crippen LogP contribution in [0.1, 0.15) is 80.8 Å². The standard InChI is InChI=1S/C30H37N3O3/c1-22(23-12-7-6-8-13-23)20-33-28(34)26-18-17-25(27-16-11-19-36-27)32(26)21-30(33,2)29(35)31-24-14-9-4-3-5-10-15-24/h6-8,11-13,16-19,22,24H,3-5,9-10,14-15,20-21H2,1-2H3,(H,31,35)/t22-,30+/m1/s1. The van der Waals surface area contributed by atoms with Gasteiger partial charge in [0.05, 0.1) is 18.5 Å². The van der Waals surface area contributed by atoms with Crippen molar-refractivity contribution in [3.8, 4) is 11.5 Å². The Morgan fingerprint density at radius 3 is 2.39 bits per heavy atom. The highest BCUT2D eigenvalue weighted by Crippen LogP contribution is 2.35. The second-order valence-corrected chi connectivity index (χ2v) is 10.7. The molecule has 1 aliphatic heterocycles. The summed E-state index contributed by atoms with van der Waals surface area (Å²) in [4.78, 5) is 29.8. The van der Waals surface area contributed by atoms with Crippen LogP contribution in [0, 0.1) is 0 Å². The lowest BCUT2D eigenvalue weighted by molar-refractivity contribution is -0.133. The lowest BCUT2D eigenvalue weighted by atomic mass is 9.90. The van der Waals surface area contributed by atoms with Crippen LogP contribution >= 0.6 is 0 Å². The minimum absolute atomic E-state index is 0.0635. The minimum atomic E-state index is -1.02. The zero-order valence-electron chi connectivity index (χ0n) is 21.4. The van der Waals surface area contributed by atoms with Crippen LogP contribution in [-0.2, 0) is 11.3 Å². The Kier molecular flexibility index (Phi) is 7.04. The molecule has 6 heteroatoms. The van der Waals surface area contributed by atoms with Crippen LogP contribution in [0.5, 0.6) is 0 Å². The van der Waals surface area contributed by atoms with Gasteiger partial charge in [-0.3, -0.25) is 9.59 Å². The van der Waals surface area contributed by atoms with Crippen molar-refractivity contribution >= 4 is 11.8 Å². The van der Waals surface area contributed by atoms with Gasteiger partial charge in [-0.25, -0.2) is 0 Å². The summed E-state index contributed by atoms with van der Waals surface area (Å²) in [5, 5.41) is 3.37. The molecule has 1 fully saturated rings. The van der Waals surface area contributed by atoms with Crippen molar-refractivity contribution in [2.24, 2.45) is 0 Å². The molecule has 1 saturated carbocycles. The fourth-order valence-corrected chi connectivity index (χ4v) is 5.80. The molecular weight excluding hydrogens is 450 g/mol. The van der Waals surface area contributed by atoms with E-state index in [-0.39, 0.29) is 23.8 Å². The number of carbonyl (C=O) groups is 2. The summed E-state index contributed by atoms with van der Waals surface area (Å²) in [7, 11) is 0. The average Bonchev–Trinajstić information content (AvgIpc) is 3.53. The Morgan fingerprint density at radius 2 is 1.69 bits per heavy atom. The summed E-state index contributed by atoms with van der Waals surface area (Å²) in [6.45, 7) is 4.91. The summed E-state index contributed by atoms with van der Waals surface area (Å²) in [6.07, 6.45) is 9.65. The molecule has 36 heavy (non-hydrogen) atoms. The first-order valence-electron chi connectivity index (χ1n) is 13.4. The molecule has 1 aliphatic carbocycles.